The van der Waals surface area contributed by atoms with Gasteiger partial charge in [-0.15, -0.1) is 0 Å². The number of nitrogens with zero attached hydrogens (tertiary/aromatic N) is 2. The van der Waals surface area contributed by atoms with E-state index in [0.29, 0.717) is 5.15 Å². The smallest absolute Gasteiger partial charge is 0.155 e. The molecule has 3 aromatic rings. The van der Waals surface area contributed by atoms with Gasteiger partial charge in [0.25, 0.3) is 0 Å². The van der Waals surface area contributed by atoms with Gasteiger partial charge in [0.1, 0.15) is 16.9 Å². The van der Waals surface area contributed by atoms with E-state index in [4.69, 9.17) is 16.6 Å². The molecule has 2 aromatic heterocycles. The molecule has 4 aliphatic carbocycles. The van der Waals surface area contributed by atoms with Crippen molar-refractivity contribution in [3.8, 4) is 0 Å². The molecular formula is C20H20ClN3. The molecule has 1 N–H and O–H groups in total. The zero-order chi connectivity index (χ0) is 15.9. The molecule has 0 atom stereocenters. The highest BCUT2D eigenvalue weighted by molar-refractivity contribution is 6.35. The molecule has 0 radical (unpaired) electrons. The quantitative estimate of drug-likeness (QED) is 0.617. The van der Waals surface area contributed by atoms with Gasteiger partial charge in [0.2, 0.25) is 0 Å². The fourth-order valence-corrected chi connectivity index (χ4v) is 6.53. The molecule has 3 nitrogen and oxygen atoms in total. The molecule has 1 aromatic carbocycles. The maximum atomic E-state index is 6.47. The van der Waals surface area contributed by atoms with Crippen LogP contribution in [-0.2, 0) is 5.41 Å². The minimum Gasteiger partial charge on any atom is -0.339 e. The number of fused-ring (bicyclic) bond motifs is 3. The first-order chi connectivity index (χ1) is 11.7. The summed E-state index contributed by atoms with van der Waals surface area (Å²) in [5.41, 5.74) is 3.11. The Labute approximate surface area is 145 Å². The van der Waals surface area contributed by atoms with Crippen molar-refractivity contribution < 1.29 is 0 Å². The van der Waals surface area contributed by atoms with Gasteiger partial charge >= 0.3 is 0 Å². The second-order valence-electron chi connectivity index (χ2n) is 8.43. The van der Waals surface area contributed by atoms with E-state index in [9.17, 15) is 0 Å². The minimum absolute atomic E-state index is 0.262. The van der Waals surface area contributed by atoms with Crippen LogP contribution in [0.25, 0.3) is 21.9 Å². The molecule has 122 valence electrons. The van der Waals surface area contributed by atoms with Gasteiger partial charge < -0.3 is 4.98 Å². The largest absolute Gasteiger partial charge is 0.339 e. The average molecular weight is 338 g/mol. The number of benzene rings is 1. The van der Waals surface area contributed by atoms with Gasteiger partial charge in [0.05, 0.1) is 5.52 Å². The standard InChI is InChI=1S/C20H20ClN3/c21-18-17-16(14-3-1-2-4-15(14)22-18)23-19(24-17)20-8-11-5-12(9-20)7-13(6-11)10-20/h1-4,11-13H,5-10H2,(H,23,24). The zero-order valence-corrected chi connectivity index (χ0v) is 14.3. The normalized spacial score (nSPS) is 34.5. The summed E-state index contributed by atoms with van der Waals surface area (Å²) in [7, 11) is 0. The molecular weight excluding hydrogens is 318 g/mol. The van der Waals surface area contributed by atoms with Gasteiger partial charge in [-0.25, -0.2) is 9.97 Å². The van der Waals surface area contributed by atoms with Crippen molar-refractivity contribution in [2.45, 2.75) is 43.9 Å². The van der Waals surface area contributed by atoms with E-state index in [0.717, 1.165) is 39.7 Å². The fourth-order valence-electron chi connectivity index (χ4n) is 6.30. The Balaban J connectivity index is 1.58. The van der Waals surface area contributed by atoms with Crippen molar-refractivity contribution in [2.24, 2.45) is 17.8 Å². The number of imidazole rings is 1. The average Bonchev–Trinajstić information content (AvgIpc) is 3.01. The number of halogens is 1. The summed E-state index contributed by atoms with van der Waals surface area (Å²) in [6, 6.07) is 8.17. The summed E-state index contributed by atoms with van der Waals surface area (Å²) in [6.45, 7) is 0. The third-order valence-electron chi connectivity index (χ3n) is 6.83. The van der Waals surface area contributed by atoms with E-state index < -0.39 is 0 Å². The van der Waals surface area contributed by atoms with E-state index in [1.807, 2.05) is 12.1 Å². The van der Waals surface area contributed by atoms with E-state index in [1.165, 1.54) is 44.3 Å². The summed E-state index contributed by atoms with van der Waals surface area (Å²) in [5, 5.41) is 1.65. The molecule has 7 rings (SSSR count). The highest BCUT2D eigenvalue weighted by Gasteiger charge is 2.53. The molecule has 0 unspecified atom stereocenters. The molecule has 0 amide bonds. The van der Waals surface area contributed by atoms with Gasteiger partial charge in [0, 0.05) is 10.8 Å². The maximum Gasteiger partial charge on any atom is 0.155 e. The van der Waals surface area contributed by atoms with Crippen molar-refractivity contribution in [3.05, 3.63) is 35.2 Å². The van der Waals surface area contributed by atoms with Crippen molar-refractivity contribution in [2.75, 3.05) is 0 Å². The van der Waals surface area contributed by atoms with Crippen LogP contribution in [0.1, 0.15) is 44.3 Å². The van der Waals surface area contributed by atoms with Crippen LogP contribution >= 0.6 is 11.6 Å². The first-order valence-corrected chi connectivity index (χ1v) is 9.52. The van der Waals surface area contributed by atoms with Gasteiger partial charge in [0.15, 0.2) is 5.15 Å². The number of H-pyrrole nitrogens is 1. The van der Waals surface area contributed by atoms with E-state index in [-0.39, 0.29) is 5.41 Å². The van der Waals surface area contributed by atoms with Crippen LogP contribution in [0.5, 0.6) is 0 Å². The van der Waals surface area contributed by atoms with Gasteiger partial charge in [-0.3, -0.25) is 0 Å². The van der Waals surface area contributed by atoms with Gasteiger partial charge in [-0.2, -0.15) is 0 Å². The number of rotatable bonds is 1. The number of pyridine rings is 1. The predicted octanol–water partition coefficient (Wildman–Crippen LogP) is 5.23. The predicted molar refractivity (Wildman–Crippen MR) is 96.3 cm³/mol. The lowest BCUT2D eigenvalue weighted by Crippen LogP contribution is -2.49. The van der Waals surface area contributed by atoms with E-state index >= 15 is 0 Å². The number of para-hydroxylation sites is 1. The van der Waals surface area contributed by atoms with E-state index in [1.54, 1.807) is 0 Å². The first kappa shape index (κ1) is 13.7. The summed E-state index contributed by atoms with van der Waals surface area (Å²) < 4.78 is 0. The van der Waals surface area contributed by atoms with Crippen LogP contribution in [0.2, 0.25) is 5.15 Å². The monoisotopic (exact) mass is 337 g/mol. The molecule has 4 bridgehead atoms. The van der Waals surface area contributed by atoms with Crippen LogP contribution in [-0.4, -0.2) is 15.0 Å². The summed E-state index contributed by atoms with van der Waals surface area (Å²) in [6.07, 6.45) is 8.27. The third kappa shape index (κ3) is 1.74. The third-order valence-corrected chi connectivity index (χ3v) is 7.10. The minimum atomic E-state index is 0.262. The number of aromatic nitrogens is 3. The molecule has 0 aliphatic heterocycles. The van der Waals surface area contributed by atoms with Gasteiger partial charge in [-0.05, 0) is 62.3 Å². The molecule has 4 heteroatoms. The van der Waals surface area contributed by atoms with Crippen LogP contribution in [0.3, 0.4) is 0 Å². The SMILES string of the molecule is Clc1nc2ccccc2c2nc(C34CC5CC(CC(C5)C3)C4)[nH]c12. The van der Waals surface area contributed by atoms with Crippen LogP contribution < -0.4 is 0 Å². The fraction of sp³-hybridized carbons (Fsp3) is 0.500. The van der Waals surface area contributed by atoms with Crippen molar-refractivity contribution >= 4 is 33.5 Å². The number of hydrogen-bond donors (Lipinski definition) is 1. The lowest BCUT2D eigenvalue weighted by atomic mass is 9.49. The molecule has 0 saturated heterocycles. The topological polar surface area (TPSA) is 41.6 Å². The summed E-state index contributed by atoms with van der Waals surface area (Å²) in [5.74, 6) is 3.91. The summed E-state index contributed by atoms with van der Waals surface area (Å²) >= 11 is 6.47. The second kappa shape index (κ2) is 4.51. The Morgan fingerprint density at radius 1 is 0.958 bits per heavy atom. The second-order valence-corrected chi connectivity index (χ2v) is 8.78. The Hall–Kier alpha value is -1.61. The Morgan fingerprint density at radius 2 is 1.62 bits per heavy atom. The highest BCUT2D eigenvalue weighted by atomic mass is 35.5. The molecule has 2 heterocycles. The van der Waals surface area contributed by atoms with Crippen molar-refractivity contribution in [1.29, 1.82) is 0 Å². The molecule has 0 spiro atoms. The Morgan fingerprint density at radius 3 is 2.33 bits per heavy atom. The van der Waals surface area contributed by atoms with Crippen LogP contribution in [0.4, 0.5) is 0 Å². The molecule has 4 fully saturated rings. The van der Waals surface area contributed by atoms with Crippen LogP contribution in [0.15, 0.2) is 24.3 Å². The first-order valence-electron chi connectivity index (χ1n) is 9.15. The lowest BCUT2D eigenvalue weighted by molar-refractivity contribution is -0.00886. The Kier molecular flexibility index (Phi) is 2.57. The number of aromatic amines is 1. The van der Waals surface area contributed by atoms with Crippen molar-refractivity contribution in [1.82, 2.24) is 15.0 Å². The Bertz CT molecular complexity index is 938. The molecule has 4 saturated carbocycles. The van der Waals surface area contributed by atoms with Gasteiger partial charge in [-0.1, -0.05) is 29.8 Å². The lowest BCUT2D eigenvalue weighted by Gasteiger charge is -2.55. The number of hydrogen-bond acceptors (Lipinski definition) is 2. The maximum absolute atomic E-state index is 6.47. The zero-order valence-electron chi connectivity index (χ0n) is 13.6. The van der Waals surface area contributed by atoms with Crippen molar-refractivity contribution in [3.63, 3.8) is 0 Å². The molecule has 4 aliphatic rings. The number of nitrogens with one attached hydrogen (secondary N) is 1. The summed E-state index contributed by atoms with van der Waals surface area (Å²) in [4.78, 5) is 13.3. The highest BCUT2D eigenvalue weighted by Crippen LogP contribution is 2.60. The molecule has 24 heavy (non-hydrogen) atoms. The van der Waals surface area contributed by atoms with E-state index in [2.05, 4.69) is 22.1 Å². The van der Waals surface area contributed by atoms with Crippen LogP contribution in [0, 0.1) is 17.8 Å².